The number of hydrogen-bond donors (Lipinski definition) is 2. The van der Waals surface area contributed by atoms with Gasteiger partial charge < -0.3 is 14.9 Å². The molecular formula is C16H17FO3. The van der Waals surface area contributed by atoms with Crippen LogP contribution in [-0.2, 0) is 0 Å². The quantitative estimate of drug-likeness (QED) is 0.882. The van der Waals surface area contributed by atoms with Crippen molar-refractivity contribution in [3.63, 3.8) is 0 Å². The second-order valence-electron chi connectivity index (χ2n) is 4.60. The predicted molar refractivity (Wildman–Crippen MR) is 73.9 cm³/mol. The molecule has 20 heavy (non-hydrogen) atoms. The Labute approximate surface area is 117 Å². The Kier molecular flexibility index (Phi) is 4.71. The average Bonchev–Trinajstić information content (AvgIpc) is 2.45. The van der Waals surface area contributed by atoms with E-state index < -0.39 is 18.0 Å². The molecule has 2 atom stereocenters. The molecular weight excluding hydrogens is 259 g/mol. The lowest BCUT2D eigenvalue weighted by Crippen LogP contribution is -2.11. The van der Waals surface area contributed by atoms with Crippen molar-refractivity contribution in [1.29, 1.82) is 0 Å². The number of hydrogen-bond acceptors (Lipinski definition) is 3. The molecule has 4 heteroatoms. The smallest absolute Gasteiger partial charge is 0.128 e. The standard InChI is InChI=1S/C16H17FO3/c1-11(18)14-8-7-13(17)9-16(14)20-10-15(19)12-5-3-2-4-6-12/h2-9,11,15,18-19H,10H2,1H3/t11-,15?/m0/s1. The second-order valence-corrected chi connectivity index (χ2v) is 4.60. The normalized spacial score (nSPS) is 13.8. The van der Waals surface area contributed by atoms with E-state index >= 15 is 0 Å². The minimum atomic E-state index is -0.804. The molecule has 106 valence electrons. The minimum absolute atomic E-state index is 0.00676. The lowest BCUT2D eigenvalue weighted by Gasteiger charge is -2.16. The molecule has 0 bridgehead atoms. The molecule has 0 aliphatic carbocycles. The highest BCUT2D eigenvalue weighted by atomic mass is 19.1. The Bertz CT molecular complexity index is 555. The van der Waals surface area contributed by atoms with Gasteiger partial charge in [-0.2, -0.15) is 0 Å². The fourth-order valence-electron chi connectivity index (χ4n) is 1.92. The molecule has 2 N–H and O–H groups in total. The van der Waals surface area contributed by atoms with Gasteiger partial charge in [-0.05, 0) is 24.6 Å². The van der Waals surface area contributed by atoms with E-state index in [-0.39, 0.29) is 12.4 Å². The van der Waals surface area contributed by atoms with Gasteiger partial charge in [0.25, 0.3) is 0 Å². The van der Waals surface area contributed by atoms with Gasteiger partial charge in [0.15, 0.2) is 0 Å². The van der Waals surface area contributed by atoms with Crippen molar-refractivity contribution in [2.24, 2.45) is 0 Å². The van der Waals surface area contributed by atoms with E-state index in [4.69, 9.17) is 4.74 Å². The summed E-state index contributed by atoms with van der Waals surface area (Å²) < 4.78 is 18.7. The maximum absolute atomic E-state index is 13.2. The van der Waals surface area contributed by atoms with Crippen LogP contribution >= 0.6 is 0 Å². The van der Waals surface area contributed by atoms with Crippen molar-refractivity contribution in [2.75, 3.05) is 6.61 Å². The van der Waals surface area contributed by atoms with Crippen LogP contribution in [0.1, 0.15) is 30.3 Å². The predicted octanol–water partition coefficient (Wildman–Crippen LogP) is 2.99. The van der Waals surface area contributed by atoms with Gasteiger partial charge in [-0.3, -0.25) is 0 Å². The van der Waals surface area contributed by atoms with E-state index in [0.717, 1.165) is 5.56 Å². The summed E-state index contributed by atoms with van der Waals surface area (Å²) in [7, 11) is 0. The average molecular weight is 276 g/mol. The molecule has 0 heterocycles. The first-order chi connectivity index (χ1) is 9.58. The summed E-state index contributed by atoms with van der Waals surface area (Å²) in [5.41, 5.74) is 1.22. The van der Waals surface area contributed by atoms with E-state index in [1.54, 1.807) is 19.1 Å². The lowest BCUT2D eigenvalue weighted by molar-refractivity contribution is 0.104. The monoisotopic (exact) mass is 276 g/mol. The van der Waals surface area contributed by atoms with Gasteiger partial charge in [-0.25, -0.2) is 4.39 Å². The van der Waals surface area contributed by atoms with E-state index in [9.17, 15) is 14.6 Å². The van der Waals surface area contributed by atoms with E-state index in [2.05, 4.69) is 0 Å². The molecule has 1 unspecified atom stereocenters. The van der Waals surface area contributed by atoms with Gasteiger partial charge in [-0.1, -0.05) is 30.3 Å². The maximum atomic E-state index is 13.2. The van der Waals surface area contributed by atoms with Crippen molar-refractivity contribution in [3.8, 4) is 5.75 Å². The summed E-state index contributed by atoms with van der Waals surface area (Å²) in [5.74, 6) is -0.200. The number of aliphatic hydroxyl groups is 2. The van der Waals surface area contributed by atoms with Crippen LogP contribution in [-0.4, -0.2) is 16.8 Å². The van der Waals surface area contributed by atoms with Crippen molar-refractivity contribution >= 4 is 0 Å². The highest BCUT2D eigenvalue weighted by Crippen LogP contribution is 2.27. The van der Waals surface area contributed by atoms with E-state index in [1.807, 2.05) is 18.2 Å². The molecule has 2 aromatic carbocycles. The van der Waals surface area contributed by atoms with Crippen LogP contribution in [0.15, 0.2) is 48.5 Å². The van der Waals surface area contributed by atoms with Crippen molar-refractivity contribution in [3.05, 3.63) is 65.5 Å². The summed E-state index contributed by atoms with van der Waals surface area (Å²) >= 11 is 0. The molecule has 0 aliphatic heterocycles. The van der Waals surface area contributed by atoms with Crippen molar-refractivity contribution in [2.45, 2.75) is 19.1 Å². The highest BCUT2D eigenvalue weighted by molar-refractivity contribution is 5.35. The highest BCUT2D eigenvalue weighted by Gasteiger charge is 2.13. The van der Waals surface area contributed by atoms with Crippen LogP contribution in [0.25, 0.3) is 0 Å². The zero-order valence-corrected chi connectivity index (χ0v) is 11.2. The first kappa shape index (κ1) is 14.5. The maximum Gasteiger partial charge on any atom is 0.128 e. The molecule has 0 amide bonds. The van der Waals surface area contributed by atoms with Crippen molar-refractivity contribution in [1.82, 2.24) is 0 Å². The Hall–Kier alpha value is -1.91. The van der Waals surface area contributed by atoms with Crippen LogP contribution in [0.5, 0.6) is 5.75 Å². The van der Waals surface area contributed by atoms with Gasteiger partial charge in [0.2, 0.25) is 0 Å². The Morgan fingerprint density at radius 2 is 1.80 bits per heavy atom. The second kappa shape index (κ2) is 6.50. The fraction of sp³-hybridized carbons (Fsp3) is 0.250. The molecule has 0 saturated carbocycles. The minimum Gasteiger partial charge on any atom is -0.490 e. The summed E-state index contributed by atoms with van der Waals surface area (Å²) in [5, 5.41) is 19.6. The SMILES string of the molecule is C[C@H](O)c1ccc(F)cc1OCC(O)c1ccccc1. The van der Waals surface area contributed by atoms with Crippen LogP contribution in [0.3, 0.4) is 0 Å². The third-order valence-electron chi connectivity index (χ3n) is 3.01. The zero-order valence-electron chi connectivity index (χ0n) is 11.2. The summed E-state index contributed by atoms with van der Waals surface area (Å²) in [4.78, 5) is 0. The lowest BCUT2D eigenvalue weighted by atomic mass is 10.1. The van der Waals surface area contributed by atoms with Crippen LogP contribution in [0.4, 0.5) is 4.39 Å². The van der Waals surface area contributed by atoms with Gasteiger partial charge >= 0.3 is 0 Å². The van der Waals surface area contributed by atoms with Crippen molar-refractivity contribution < 1.29 is 19.3 Å². The topological polar surface area (TPSA) is 49.7 Å². The molecule has 0 spiro atoms. The van der Waals surface area contributed by atoms with Crippen LogP contribution < -0.4 is 4.74 Å². The Balaban J connectivity index is 2.09. The third kappa shape index (κ3) is 3.56. The first-order valence-corrected chi connectivity index (χ1v) is 6.41. The first-order valence-electron chi connectivity index (χ1n) is 6.41. The molecule has 0 aromatic heterocycles. The number of benzene rings is 2. The van der Waals surface area contributed by atoms with Crippen LogP contribution in [0.2, 0.25) is 0 Å². The molecule has 2 aromatic rings. The van der Waals surface area contributed by atoms with E-state index in [0.29, 0.717) is 5.56 Å². The summed E-state index contributed by atoms with van der Waals surface area (Å²) in [6, 6.07) is 13.0. The zero-order chi connectivity index (χ0) is 14.5. The van der Waals surface area contributed by atoms with E-state index in [1.165, 1.54) is 18.2 Å². The summed E-state index contributed by atoms with van der Waals surface area (Å²) in [6.07, 6.45) is -1.57. The number of halogens is 1. The molecule has 2 rings (SSSR count). The molecule has 0 radical (unpaired) electrons. The Morgan fingerprint density at radius 3 is 2.45 bits per heavy atom. The van der Waals surface area contributed by atoms with Gasteiger partial charge in [0, 0.05) is 11.6 Å². The number of ether oxygens (including phenoxy) is 1. The van der Waals surface area contributed by atoms with Crippen LogP contribution in [0, 0.1) is 5.82 Å². The molecule has 0 aliphatic rings. The molecule has 3 nitrogen and oxygen atoms in total. The third-order valence-corrected chi connectivity index (χ3v) is 3.01. The van der Waals surface area contributed by atoms with Gasteiger partial charge in [0.05, 0.1) is 6.10 Å². The fourth-order valence-corrected chi connectivity index (χ4v) is 1.92. The molecule has 0 saturated heterocycles. The summed E-state index contributed by atoms with van der Waals surface area (Å²) in [6.45, 7) is 1.57. The molecule has 0 fully saturated rings. The Morgan fingerprint density at radius 1 is 1.10 bits per heavy atom. The largest absolute Gasteiger partial charge is 0.490 e. The number of rotatable bonds is 5. The van der Waals surface area contributed by atoms with Gasteiger partial charge in [-0.15, -0.1) is 0 Å². The number of aliphatic hydroxyl groups excluding tert-OH is 2. The van der Waals surface area contributed by atoms with Gasteiger partial charge in [0.1, 0.15) is 24.3 Å².